The molecule has 2 aromatic rings. The van der Waals surface area contributed by atoms with Crippen LogP contribution in [0.5, 0.6) is 0 Å². The zero-order valence-electron chi connectivity index (χ0n) is 11.6. The fourth-order valence-electron chi connectivity index (χ4n) is 1.64. The summed E-state index contributed by atoms with van der Waals surface area (Å²) in [6.45, 7) is 2.10. The van der Waals surface area contributed by atoms with Gasteiger partial charge in [0.2, 0.25) is 0 Å². The molecule has 0 radical (unpaired) electrons. The molecule has 0 aromatic heterocycles. The third-order valence-electron chi connectivity index (χ3n) is 2.70. The van der Waals surface area contributed by atoms with Crippen LogP contribution in [0.15, 0.2) is 82.8 Å². The Balaban J connectivity index is 1.85. The fraction of sp³-hybridized carbons (Fsp3) is 0.111. The van der Waals surface area contributed by atoms with Crippen molar-refractivity contribution in [2.45, 2.75) is 6.92 Å². The standard InChI is InChI=1S/C18H18N2/c1-16(15-20-18-12-6-3-7-13-18)9-8-14-19-17-10-4-2-5-11-17/h2-16H,1H3. The monoisotopic (exact) mass is 262 g/mol. The number of aliphatic imine (C=N–C) groups is 2. The van der Waals surface area contributed by atoms with Crippen molar-refractivity contribution in [3.8, 4) is 0 Å². The van der Waals surface area contributed by atoms with E-state index in [9.17, 15) is 0 Å². The highest BCUT2D eigenvalue weighted by Gasteiger charge is 1.90. The zero-order valence-corrected chi connectivity index (χ0v) is 11.6. The van der Waals surface area contributed by atoms with Gasteiger partial charge in [0.05, 0.1) is 11.4 Å². The Kier molecular flexibility index (Phi) is 5.47. The van der Waals surface area contributed by atoms with Crippen LogP contribution in [0.4, 0.5) is 11.4 Å². The first-order valence-electron chi connectivity index (χ1n) is 6.70. The molecular weight excluding hydrogens is 244 g/mol. The van der Waals surface area contributed by atoms with E-state index in [1.54, 1.807) is 0 Å². The van der Waals surface area contributed by atoms with Gasteiger partial charge in [-0.1, -0.05) is 49.4 Å². The van der Waals surface area contributed by atoms with Crippen LogP contribution >= 0.6 is 0 Å². The second-order valence-electron chi connectivity index (χ2n) is 4.47. The maximum atomic E-state index is 4.42. The minimum Gasteiger partial charge on any atom is -0.261 e. The van der Waals surface area contributed by atoms with E-state index in [0.29, 0.717) is 0 Å². The highest BCUT2D eigenvalue weighted by Crippen LogP contribution is 2.10. The Morgan fingerprint density at radius 1 is 0.800 bits per heavy atom. The van der Waals surface area contributed by atoms with Gasteiger partial charge in [-0.05, 0) is 30.3 Å². The van der Waals surface area contributed by atoms with E-state index >= 15 is 0 Å². The molecule has 0 saturated carbocycles. The molecule has 0 bridgehead atoms. The van der Waals surface area contributed by atoms with Gasteiger partial charge in [-0.2, -0.15) is 0 Å². The Hall–Kier alpha value is -2.48. The smallest absolute Gasteiger partial charge is 0.0629 e. The molecule has 0 amide bonds. The number of hydrogen-bond acceptors (Lipinski definition) is 2. The third kappa shape index (κ3) is 5.02. The molecule has 0 aliphatic heterocycles. The zero-order chi connectivity index (χ0) is 14.0. The summed E-state index contributed by atoms with van der Waals surface area (Å²) in [4.78, 5) is 8.76. The second kappa shape index (κ2) is 7.85. The normalized spacial score (nSPS) is 13.4. The van der Waals surface area contributed by atoms with Crippen LogP contribution < -0.4 is 0 Å². The Bertz CT molecular complexity index is 583. The molecule has 1 unspecified atom stereocenters. The molecule has 2 rings (SSSR count). The molecule has 0 saturated heterocycles. The maximum Gasteiger partial charge on any atom is 0.0629 e. The van der Waals surface area contributed by atoms with Crippen molar-refractivity contribution >= 4 is 23.8 Å². The van der Waals surface area contributed by atoms with E-state index < -0.39 is 0 Å². The molecular formula is C18H18N2. The van der Waals surface area contributed by atoms with Crippen molar-refractivity contribution in [1.29, 1.82) is 0 Å². The summed E-state index contributed by atoms with van der Waals surface area (Å²) in [5, 5.41) is 0. The Morgan fingerprint density at radius 3 is 1.95 bits per heavy atom. The summed E-state index contributed by atoms with van der Waals surface area (Å²) in [6.07, 6.45) is 7.76. The summed E-state index contributed by atoms with van der Waals surface area (Å²) in [7, 11) is 0. The van der Waals surface area contributed by atoms with E-state index in [1.807, 2.05) is 79.2 Å². The van der Waals surface area contributed by atoms with Crippen molar-refractivity contribution in [1.82, 2.24) is 0 Å². The number of para-hydroxylation sites is 2. The lowest BCUT2D eigenvalue weighted by Gasteiger charge is -1.96. The van der Waals surface area contributed by atoms with Crippen LogP contribution in [0.2, 0.25) is 0 Å². The van der Waals surface area contributed by atoms with Gasteiger partial charge in [0, 0.05) is 18.3 Å². The molecule has 0 aliphatic rings. The highest BCUT2D eigenvalue weighted by molar-refractivity contribution is 5.76. The molecule has 1 atom stereocenters. The number of hydrogen-bond donors (Lipinski definition) is 0. The van der Waals surface area contributed by atoms with E-state index in [2.05, 4.69) is 23.0 Å². The predicted molar refractivity (Wildman–Crippen MR) is 87.5 cm³/mol. The van der Waals surface area contributed by atoms with Gasteiger partial charge in [0.25, 0.3) is 0 Å². The number of allylic oxidation sites excluding steroid dienone is 2. The number of nitrogens with zero attached hydrogens (tertiary/aromatic N) is 2. The average molecular weight is 262 g/mol. The lowest BCUT2D eigenvalue weighted by Crippen LogP contribution is -1.89. The molecule has 0 aliphatic carbocycles. The molecule has 20 heavy (non-hydrogen) atoms. The number of benzene rings is 2. The van der Waals surface area contributed by atoms with E-state index in [4.69, 9.17) is 0 Å². The first-order chi connectivity index (χ1) is 9.84. The van der Waals surface area contributed by atoms with Crippen LogP contribution in [-0.2, 0) is 0 Å². The van der Waals surface area contributed by atoms with Crippen LogP contribution in [-0.4, -0.2) is 12.4 Å². The first kappa shape index (κ1) is 13.9. The van der Waals surface area contributed by atoms with Gasteiger partial charge in [-0.15, -0.1) is 0 Å². The molecule has 0 N–H and O–H groups in total. The summed E-state index contributed by atoms with van der Waals surface area (Å²) in [5.74, 6) is 0.275. The topological polar surface area (TPSA) is 24.7 Å². The van der Waals surface area contributed by atoms with Crippen LogP contribution in [0.1, 0.15) is 6.92 Å². The predicted octanol–water partition coefficient (Wildman–Crippen LogP) is 4.98. The molecule has 2 aromatic carbocycles. The van der Waals surface area contributed by atoms with Gasteiger partial charge in [0.1, 0.15) is 0 Å². The summed E-state index contributed by atoms with van der Waals surface area (Å²) >= 11 is 0. The maximum absolute atomic E-state index is 4.42. The van der Waals surface area contributed by atoms with Crippen molar-refractivity contribution in [3.63, 3.8) is 0 Å². The third-order valence-corrected chi connectivity index (χ3v) is 2.70. The SMILES string of the molecule is CC(C=CC=Nc1ccccc1)C=Nc1ccccc1. The molecule has 0 fully saturated rings. The Morgan fingerprint density at radius 2 is 1.35 bits per heavy atom. The summed E-state index contributed by atoms with van der Waals surface area (Å²) < 4.78 is 0. The van der Waals surface area contributed by atoms with Crippen molar-refractivity contribution < 1.29 is 0 Å². The van der Waals surface area contributed by atoms with Gasteiger partial charge >= 0.3 is 0 Å². The summed E-state index contributed by atoms with van der Waals surface area (Å²) in [5.41, 5.74) is 1.94. The molecule has 2 nitrogen and oxygen atoms in total. The molecule has 0 heterocycles. The summed E-state index contributed by atoms with van der Waals surface area (Å²) in [6, 6.07) is 19.8. The molecule has 0 spiro atoms. The number of rotatable bonds is 5. The molecule has 2 heteroatoms. The van der Waals surface area contributed by atoms with E-state index in [0.717, 1.165) is 11.4 Å². The quantitative estimate of drug-likeness (QED) is 0.679. The van der Waals surface area contributed by atoms with Crippen LogP contribution in [0.25, 0.3) is 0 Å². The minimum atomic E-state index is 0.275. The lowest BCUT2D eigenvalue weighted by molar-refractivity contribution is 1.03. The van der Waals surface area contributed by atoms with Crippen molar-refractivity contribution in [2.24, 2.45) is 15.9 Å². The van der Waals surface area contributed by atoms with E-state index in [1.165, 1.54) is 0 Å². The minimum absolute atomic E-state index is 0.275. The second-order valence-corrected chi connectivity index (χ2v) is 4.47. The van der Waals surface area contributed by atoms with Crippen molar-refractivity contribution in [2.75, 3.05) is 0 Å². The lowest BCUT2D eigenvalue weighted by atomic mass is 10.2. The van der Waals surface area contributed by atoms with Crippen molar-refractivity contribution in [3.05, 3.63) is 72.8 Å². The van der Waals surface area contributed by atoms with Gasteiger partial charge in [0.15, 0.2) is 0 Å². The Labute approximate surface area is 120 Å². The van der Waals surface area contributed by atoms with Crippen LogP contribution in [0.3, 0.4) is 0 Å². The van der Waals surface area contributed by atoms with Gasteiger partial charge in [-0.3, -0.25) is 9.98 Å². The van der Waals surface area contributed by atoms with Gasteiger partial charge in [-0.25, -0.2) is 0 Å². The first-order valence-corrected chi connectivity index (χ1v) is 6.70. The average Bonchev–Trinajstić information content (AvgIpc) is 2.52. The fourth-order valence-corrected chi connectivity index (χ4v) is 1.64. The van der Waals surface area contributed by atoms with Gasteiger partial charge < -0.3 is 0 Å². The highest BCUT2D eigenvalue weighted by atomic mass is 14.7. The van der Waals surface area contributed by atoms with Crippen LogP contribution in [0, 0.1) is 5.92 Å². The largest absolute Gasteiger partial charge is 0.261 e. The molecule has 100 valence electrons. The van der Waals surface area contributed by atoms with E-state index in [-0.39, 0.29) is 5.92 Å².